The van der Waals surface area contributed by atoms with Crippen molar-refractivity contribution in [3.8, 4) is 0 Å². The summed E-state index contributed by atoms with van der Waals surface area (Å²) in [7, 11) is 0. The molecule has 20 heavy (non-hydrogen) atoms. The second-order valence-corrected chi connectivity index (χ2v) is 6.99. The molecule has 1 aromatic heterocycles. The summed E-state index contributed by atoms with van der Waals surface area (Å²) in [4.78, 5) is 9.86. The number of benzene rings is 1. The van der Waals surface area contributed by atoms with Crippen molar-refractivity contribution < 1.29 is 4.39 Å². The first-order chi connectivity index (χ1) is 9.27. The number of hydrogen-bond acceptors (Lipinski definition) is 3. The fourth-order valence-electron chi connectivity index (χ4n) is 1.52. The lowest BCUT2D eigenvalue weighted by Crippen LogP contribution is -2.17. The standard InChI is InChI=1S/C15H16ClFN2S/c1-9-12(16)18-14(15(2,3)4)19-13(9)20-11-7-5-10(17)6-8-11/h5-8H,1-4H3. The fraction of sp³-hybridized carbons (Fsp3) is 0.333. The molecule has 0 aliphatic heterocycles. The highest BCUT2D eigenvalue weighted by molar-refractivity contribution is 7.99. The highest BCUT2D eigenvalue weighted by Gasteiger charge is 2.21. The Morgan fingerprint density at radius 3 is 2.25 bits per heavy atom. The Morgan fingerprint density at radius 2 is 1.70 bits per heavy atom. The van der Waals surface area contributed by atoms with Gasteiger partial charge in [0.25, 0.3) is 0 Å². The summed E-state index contributed by atoms with van der Waals surface area (Å²) in [5, 5.41) is 1.27. The summed E-state index contributed by atoms with van der Waals surface area (Å²) in [5.74, 6) is 0.458. The number of rotatable bonds is 2. The van der Waals surface area contributed by atoms with Gasteiger partial charge in [0.2, 0.25) is 0 Å². The minimum Gasteiger partial charge on any atom is -0.225 e. The quantitative estimate of drug-likeness (QED) is 0.728. The molecular formula is C15H16ClFN2S. The summed E-state index contributed by atoms with van der Waals surface area (Å²) in [6.45, 7) is 8.02. The third-order valence-electron chi connectivity index (χ3n) is 2.74. The Hall–Kier alpha value is -1.13. The smallest absolute Gasteiger partial charge is 0.136 e. The molecule has 1 aromatic carbocycles. The van der Waals surface area contributed by atoms with E-state index in [-0.39, 0.29) is 11.2 Å². The maximum Gasteiger partial charge on any atom is 0.136 e. The van der Waals surface area contributed by atoms with Gasteiger partial charge in [-0.15, -0.1) is 0 Å². The molecule has 0 saturated carbocycles. The van der Waals surface area contributed by atoms with Crippen molar-refractivity contribution in [1.29, 1.82) is 0 Å². The second-order valence-electron chi connectivity index (χ2n) is 5.57. The van der Waals surface area contributed by atoms with E-state index in [1.807, 2.05) is 27.7 Å². The van der Waals surface area contributed by atoms with Crippen LogP contribution in [0.4, 0.5) is 4.39 Å². The Kier molecular flexibility index (Phi) is 4.35. The van der Waals surface area contributed by atoms with E-state index in [2.05, 4.69) is 9.97 Å². The number of nitrogens with zero attached hydrogens (tertiary/aromatic N) is 2. The largest absolute Gasteiger partial charge is 0.225 e. The topological polar surface area (TPSA) is 25.8 Å². The van der Waals surface area contributed by atoms with E-state index in [1.54, 1.807) is 12.1 Å². The van der Waals surface area contributed by atoms with Crippen LogP contribution in [0, 0.1) is 12.7 Å². The zero-order chi connectivity index (χ0) is 14.9. The van der Waals surface area contributed by atoms with Gasteiger partial charge in [0, 0.05) is 15.9 Å². The molecule has 0 aliphatic rings. The Morgan fingerprint density at radius 1 is 1.10 bits per heavy atom. The predicted octanol–water partition coefficient (Wildman–Crippen LogP) is 5.03. The molecular weight excluding hydrogens is 295 g/mol. The summed E-state index contributed by atoms with van der Waals surface area (Å²) < 4.78 is 12.9. The van der Waals surface area contributed by atoms with Crippen LogP contribution in [0.2, 0.25) is 5.15 Å². The van der Waals surface area contributed by atoms with Crippen molar-refractivity contribution in [3.05, 3.63) is 46.6 Å². The molecule has 0 amide bonds. The van der Waals surface area contributed by atoms with Crippen molar-refractivity contribution in [1.82, 2.24) is 9.97 Å². The van der Waals surface area contributed by atoms with E-state index in [9.17, 15) is 4.39 Å². The van der Waals surface area contributed by atoms with Crippen LogP contribution < -0.4 is 0 Å². The van der Waals surface area contributed by atoms with Crippen LogP contribution >= 0.6 is 23.4 Å². The average molecular weight is 311 g/mol. The van der Waals surface area contributed by atoms with Crippen LogP contribution in [0.3, 0.4) is 0 Å². The summed E-state index contributed by atoms with van der Waals surface area (Å²) in [5.41, 5.74) is 0.670. The normalized spacial score (nSPS) is 11.7. The molecule has 0 bridgehead atoms. The first kappa shape index (κ1) is 15.3. The monoisotopic (exact) mass is 310 g/mol. The van der Waals surface area contributed by atoms with Gasteiger partial charge in [-0.25, -0.2) is 14.4 Å². The van der Waals surface area contributed by atoms with E-state index in [0.717, 1.165) is 15.5 Å². The number of halogens is 2. The Labute approximate surface area is 127 Å². The van der Waals surface area contributed by atoms with Gasteiger partial charge >= 0.3 is 0 Å². The molecule has 2 nitrogen and oxygen atoms in total. The molecule has 1 heterocycles. The van der Waals surface area contributed by atoms with Gasteiger partial charge in [0.1, 0.15) is 21.8 Å². The molecule has 0 fully saturated rings. The lowest BCUT2D eigenvalue weighted by atomic mass is 9.96. The highest BCUT2D eigenvalue weighted by atomic mass is 35.5. The second kappa shape index (κ2) is 5.70. The molecule has 0 N–H and O–H groups in total. The van der Waals surface area contributed by atoms with Crippen LogP contribution in [0.1, 0.15) is 32.2 Å². The van der Waals surface area contributed by atoms with Gasteiger partial charge in [-0.2, -0.15) is 0 Å². The van der Waals surface area contributed by atoms with Crippen molar-refractivity contribution in [3.63, 3.8) is 0 Å². The zero-order valence-corrected chi connectivity index (χ0v) is 13.4. The van der Waals surface area contributed by atoms with Crippen LogP contribution in [0.5, 0.6) is 0 Å². The highest BCUT2D eigenvalue weighted by Crippen LogP contribution is 2.33. The minimum atomic E-state index is -0.248. The van der Waals surface area contributed by atoms with Crippen molar-refractivity contribution in [2.75, 3.05) is 0 Å². The number of hydrogen-bond donors (Lipinski definition) is 0. The maximum atomic E-state index is 12.9. The van der Waals surface area contributed by atoms with Gasteiger partial charge in [0.05, 0.1) is 0 Å². The van der Waals surface area contributed by atoms with Crippen LogP contribution in [-0.2, 0) is 5.41 Å². The fourth-order valence-corrected chi connectivity index (χ4v) is 2.62. The zero-order valence-electron chi connectivity index (χ0n) is 11.9. The molecule has 0 unspecified atom stereocenters. The first-order valence-electron chi connectivity index (χ1n) is 6.25. The van der Waals surface area contributed by atoms with Gasteiger partial charge in [-0.1, -0.05) is 44.1 Å². The average Bonchev–Trinajstić information content (AvgIpc) is 2.36. The third kappa shape index (κ3) is 3.49. The molecule has 0 atom stereocenters. The molecule has 0 radical (unpaired) electrons. The molecule has 2 rings (SSSR count). The van der Waals surface area contributed by atoms with Crippen LogP contribution in [-0.4, -0.2) is 9.97 Å². The van der Waals surface area contributed by atoms with Crippen LogP contribution in [0.25, 0.3) is 0 Å². The molecule has 5 heteroatoms. The van der Waals surface area contributed by atoms with E-state index >= 15 is 0 Å². The van der Waals surface area contributed by atoms with E-state index in [4.69, 9.17) is 11.6 Å². The Balaban J connectivity index is 2.40. The van der Waals surface area contributed by atoms with Gasteiger partial charge in [0.15, 0.2) is 0 Å². The van der Waals surface area contributed by atoms with Crippen molar-refractivity contribution in [2.45, 2.75) is 43.0 Å². The van der Waals surface area contributed by atoms with Gasteiger partial charge in [-0.3, -0.25) is 0 Å². The van der Waals surface area contributed by atoms with Crippen LogP contribution in [0.15, 0.2) is 34.2 Å². The molecule has 0 spiro atoms. The SMILES string of the molecule is Cc1c(Cl)nc(C(C)(C)C)nc1Sc1ccc(F)cc1. The van der Waals surface area contributed by atoms with Gasteiger partial charge in [-0.05, 0) is 31.2 Å². The molecule has 2 aromatic rings. The van der Waals surface area contributed by atoms with Crippen molar-refractivity contribution >= 4 is 23.4 Å². The summed E-state index contributed by atoms with van der Waals surface area (Å²) >= 11 is 7.66. The minimum absolute atomic E-state index is 0.171. The molecule has 0 aliphatic carbocycles. The van der Waals surface area contributed by atoms with Gasteiger partial charge < -0.3 is 0 Å². The maximum absolute atomic E-state index is 12.9. The first-order valence-corrected chi connectivity index (χ1v) is 7.45. The molecule has 106 valence electrons. The lowest BCUT2D eigenvalue weighted by molar-refractivity contribution is 0.537. The Bertz CT molecular complexity index is 621. The lowest BCUT2D eigenvalue weighted by Gasteiger charge is -2.18. The summed E-state index contributed by atoms with van der Waals surface area (Å²) in [6, 6.07) is 6.33. The third-order valence-corrected chi connectivity index (χ3v) is 4.21. The number of aromatic nitrogens is 2. The van der Waals surface area contributed by atoms with E-state index in [1.165, 1.54) is 23.9 Å². The predicted molar refractivity (Wildman–Crippen MR) is 81.0 cm³/mol. The molecule has 0 saturated heterocycles. The summed E-state index contributed by atoms with van der Waals surface area (Å²) in [6.07, 6.45) is 0. The van der Waals surface area contributed by atoms with Crippen molar-refractivity contribution in [2.24, 2.45) is 0 Å². The van der Waals surface area contributed by atoms with E-state index in [0.29, 0.717) is 11.0 Å². The van der Waals surface area contributed by atoms with E-state index < -0.39 is 0 Å².